The van der Waals surface area contributed by atoms with E-state index >= 15 is 0 Å². The van der Waals surface area contributed by atoms with E-state index in [0.29, 0.717) is 5.56 Å². The predicted molar refractivity (Wildman–Crippen MR) is 87.7 cm³/mol. The molecule has 3 heteroatoms. The number of hydrogen-bond acceptors (Lipinski definition) is 3. The van der Waals surface area contributed by atoms with Crippen LogP contribution in [-0.4, -0.2) is 4.98 Å². The van der Waals surface area contributed by atoms with Gasteiger partial charge in [0.1, 0.15) is 6.07 Å². The van der Waals surface area contributed by atoms with Gasteiger partial charge in [0.25, 0.3) is 0 Å². The molecule has 1 aromatic heterocycles. The number of hydrogen-bond donors (Lipinski definition) is 0. The van der Waals surface area contributed by atoms with E-state index in [1.807, 2.05) is 19.9 Å². The van der Waals surface area contributed by atoms with Gasteiger partial charge in [-0.3, -0.25) is 4.98 Å². The van der Waals surface area contributed by atoms with Crippen molar-refractivity contribution in [3.8, 4) is 6.07 Å². The standard InChI is InChI=1S/C18H20N2S/c1-12-10-17(16(11-19)13(2)20-12)21-15-8-6-14(7-9-15)18(3,4)5/h6-10H,1-5H3. The van der Waals surface area contributed by atoms with Gasteiger partial charge in [-0.25, -0.2) is 0 Å². The second-order valence-corrected chi connectivity index (χ2v) is 7.33. The average molecular weight is 296 g/mol. The van der Waals surface area contributed by atoms with Crippen molar-refractivity contribution in [1.82, 2.24) is 4.98 Å². The van der Waals surface area contributed by atoms with Gasteiger partial charge < -0.3 is 0 Å². The molecule has 0 saturated carbocycles. The van der Waals surface area contributed by atoms with E-state index in [1.165, 1.54) is 5.56 Å². The Hall–Kier alpha value is -1.79. The lowest BCUT2D eigenvalue weighted by molar-refractivity contribution is 0.590. The summed E-state index contributed by atoms with van der Waals surface area (Å²) in [5.74, 6) is 0. The Morgan fingerprint density at radius 2 is 1.71 bits per heavy atom. The highest BCUT2D eigenvalue weighted by Gasteiger charge is 2.14. The third-order valence-electron chi connectivity index (χ3n) is 3.35. The normalized spacial score (nSPS) is 11.2. The fraction of sp³-hybridized carbons (Fsp3) is 0.333. The van der Waals surface area contributed by atoms with Gasteiger partial charge in [0.2, 0.25) is 0 Å². The molecule has 0 aliphatic rings. The molecule has 2 nitrogen and oxygen atoms in total. The van der Waals surface area contributed by atoms with Gasteiger partial charge in [-0.2, -0.15) is 5.26 Å². The molecular weight excluding hydrogens is 276 g/mol. The minimum Gasteiger partial charge on any atom is -0.257 e. The van der Waals surface area contributed by atoms with Gasteiger partial charge in [0.05, 0.1) is 11.3 Å². The molecule has 2 aromatic rings. The zero-order chi connectivity index (χ0) is 15.6. The van der Waals surface area contributed by atoms with E-state index in [9.17, 15) is 5.26 Å². The van der Waals surface area contributed by atoms with Crippen molar-refractivity contribution in [3.05, 3.63) is 52.8 Å². The SMILES string of the molecule is Cc1cc(Sc2ccc(C(C)(C)C)cc2)c(C#N)c(C)n1. The van der Waals surface area contributed by atoms with Gasteiger partial charge in [-0.1, -0.05) is 44.7 Å². The van der Waals surface area contributed by atoms with Crippen LogP contribution in [0.25, 0.3) is 0 Å². The van der Waals surface area contributed by atoms with Crippen molar-refractivity contribution in [2.75, 3.05) is 0 Å². The maximum atomic E-state index is 9.32. The number of pyridine rings is 1. The number of aryl methyl sites for hydroxylation is 2. The first-order valence-corrected chi connectivity index (χ1v) is 7.79. The van der Waals surface area contributed by atoms with Crippen LogP contribution in [-0.2, 0) is 5.41 Å². The van der Waals surface area contributed by atoms with Gasteiger partial charge >= 0.3 is 0 Å². The van der Waals surface area contributed by atoms with Crippen molar-refractivity contribution in [3.63, 3.8) is 0 Å². The molecule has 0 radical (unpaired) electrons. The second kappa shape index (κ2) is 5.91. The molecular formula is C18H20N2S. The molecule has 1 aromatic carbocycles. The second-order valence-electron chi connectivity index (χ2n) is 6.21. The molecule has 1 heterocycles. The van der Waals surface area contributed by atoms with Crippen molar-refractivity contribution >= 4 is 11.8 Å². The van der Waals surface area contributed by atoms with Crippen molar-refractivity contribution in [1.29, 1.82) is 5.26 Å². The molecule has 0 fully saturated rings. The number of aromatic nitrogens is 1. The number of nitrogens with zero attached hydrogens (tertiary/aromatic N) is 2. The Bertz CT molecular complexity index is 689. The summed E-state index contributed by atoms with van der Waals surface area (Å²) in [7, 11) is 0. The van der Waals surface area contributed by atoms with Crippen molar-refractivity contribution in [2.45, 2.75) is 49.8 Å². The smallest absolute Gasteiger partial charge is 0.102 e. The Labute approximate surface area is 131 Å². The number of benzene rings is 1. The maximum Gasteiger partial charge on any atom is 0.102 e. The summed E-state index contributed by atoms with van der Waals surface area (Å²) in [6.07, 6.45) is 0. The average Bonchev–Trinajstić information content (AvgIpc) is 2.38. The zero-order valence-electron chi connectivity index (χ0n) is 13.2. The van der Waals surface area contributed by atoms with E-state index in [4.69, 9.17) is 0 Å². The summed E-state index contributed by atoms with van der Waals surface area (Å²) in [6, 6.07) is 12.8. The van der Waals surface area contributed by atoms with Crippen LogP contribution in [0, 0.1) is 25.2 Å². The van der Waals surface area contributed by atoms with Crippen LogP contribution in [0.15, 0.2) is 40.1 Å². The van der Waals surface area contributed by atoms with E-state index in [0.717, 1.165) is 21.2 Å². The molecule has 0 aliphatic carbocycles. The van der Waals surface area contributed by atoms with E-state index in [2.05, 4.69) is 56.1 Å². The quantitative estimate of drug-likeness (QED) is 0.781. The summed E-state index contributed by atoms with van der Waals surface area (Å²) >= 11 is 1.62. The van der Waals surface area contributed by atoms with Crippen LogP contribution in [0.1, 0.15) is 43.3 Å². The highest BCUT2D eigenvalue weighted by atomic mass is 32.2. The highest BCUT2D eigenvalue weighted by Crippen LogP contribution is 2.33. The van der Waals surface area contributed by atoms with Crippen molar-refractivity contribution < 1.29 is 0 Å². The van der Waals surface area contributed by atoms with Gasteiger partial charge in [0, 0.05) is 15.5 Å². The Morgan fingerprint density at radius 1 is 1.10 bits per heavy atom. The molecule has 0 atom stereocenters. The molecule has 0 aliphatic heterocycles. The Morgan fingerprint density at radius 3 is 2.24 bits per heavy atom. The van der Waals surface area contributed by atoms with Gasteiger partial charge in [-0.15, -0.1) is 0 Å². The molecule has 21 heavy (non-hydrogen) atoms. The minimum absolute atomic E-state index is 0.158. The van der Waals surface area contributed by atoms with Gasteiger partial charge in [-0.05, 0) is 43.0 Å². The van der Waals surface area contributed by atoms with E-state index in [-0.39, 0.29) is 5.41 Å². The third kappa shape index (κ3) is 3.65. The lowest BCUT2D eigenvalue weighted by Crippen LogP contribution is -2.10. The minimum atomic E-state index is 0.158. The monoisotopic (exact) mass is 296 g/mol. The topological polar surface area (TPSA) is 36.7 Å². The lowest BCUT2D eigenvalue weighted by atomic mass is 9.87. The molecule has 0 N–H and O–H groups in total. The Balaban J connectivity index is 2.33. The summed E-state index contributed by atoms with van der Waals surface area (Å²) in [4.78, 5) is 6.48. The molecule has 0 saturated heterocycles. The number of rotatable bonds is 2. The summed E-state index contributed by atoms with van der Waals surface area (Å²) in [6.45, 7) is 10.5. The van der Waals surface area contributed by atoms with Crippen LogP contribution < -0.4 is 0 Å². The fourth-order valence-electron chi connectivity index (χ4n) is 2.16. The molecule has 108 valence electrons. The van der Waals surface area contributed by atoms with Crippen molar-refractivity contribution in [2.24, 2.45) is 0 Å². The molecule has 2 rings (SSSR count). The lowest BCUT2D eigenvalue weighted by Gasteiger charge is -2.19. The molecule has 0 unspecified atom stereocenters. The first-order chi connectivity index (χ1) is 9.81. The van der Waals surface area contributed by atoms with Crippen LogP contribution >= 0.6 is 11.8 Å². The van der Waals surface area contributed by atoms with E-state index < -0.39 is 0 Å². The first-order valence-electron chi connectivity index (χ1n) is 6.98. The predicted octanol–water partition coefficient (Wildman–Crippen LogP) is 5.02. The van der Waals surface area contributed by atoms with Gasteiger partial charge in [0.15, 0.2) is 0 Å². The number of nitriles is 1. The zero-order valence-corrected chi connectivity index (χ0v) is 14.0. The summed E-state index contributed by atoms with van der Waals surface area (Å²) in [5.41, 5.74) is 3.89. The maximum absolute atomic E-state index is 9.32. The molecule has 0 amide bonds. The highest BCUT2D eigenvalue weighted by molar-refractivity contribution is 7.99. The third-order valence-corrected chi connectivity index (χ3v) is 4.40. The summed E-state index contributed by atoms with van der Waals surface area (Å²) in [5, 5.41) is 9.32. The fourth-order valence-corrected chi connectivity index (χ4v) is 3.21. The van der Waals surface area contributed by atoms with Crippen LogP contribution in [0.4, 0.5) is 0 Å². The summed E-state index contributed by atoms with van der Waals surface area (Å²) < 4.78 is 0. The van der Waals surface area contributed by atoms with Crippen LogP contribution in [0.3, 0.4) is 0 Å². The first kappa shape index (κ1) is 15.6. The molecule has 0 spiro atoms. The van der Waals surface area contributed by atoms with E-state index in [1.54, 1.807) is 11.8 Å². The van der Waals surface area contributed by atoms with Crippen LogP contribution in [0.2, 0.25) is 0 Å². The Kier molecular flexibility index (Phi) is 4.39. The molecule has 0 bridgehead atoms. The van der Waals surface area contributed by atoms with Crippen LogP contribution in [0.5, 0.6) is 0 Å². The largest absolute Gasteiger partial charge is 0.257 e.